The molecule has 3 N–H and O–H groups in total. The molecule has 1 heterocycles. The first kappa shape index (κ1) is 18.9. The van der Waals surface area contributed by atoms with Crippen molar-refractivity contribution in [1.82, 2.24) is 15.6 Å². The Kier molecular flexibility index (Phi) is 7.82. The van der Waals surface area contributed by atoms with Crippen molar-refractivity contribution in [3.63, 3.8) is 0 Å². The largest absolute Gasteiger partial charge is 0.388 e. The number of aliphatic imine (C=N–C) groups is 1. The summed E-state index contributed by atoms with van der Waals surface area (Å²) in [6.07, 6.45) is 1.44. The number of guanidine groups is 1. The Bertz CT molecular complexity index is 466. The average Bonchev–Trinajstić information content (AvgIpc) is 2.99. The Morgan fingerprint density at radius 1 is 1.32 bits per heavy atom. The van der Waals surface area contributed by atoms with E-state index < -0.39 is 5.60 Å². The number of nitrogens with zero attached hydrogens (tertiary/aromatic N) is 2. The van der Waals surface area contributed by atoms with Crippen molar-refractivity contribution in [2.24, 2.45) is 4.99 Å². The molecule has 1 rings (SSSR count). The Hall–Kier alpha value is -1.14. The topological polar surface area (TPSA) is 69.5 Å². The highest BCUT2D eigenvalue weighted by Crippen LogP contribution is 2.18. The Balaban J connectivity index is 2.64. The summed E-state index contributed by atoms with van der Waals surface area (Å²) in [6.45, 7) is 12.2. The lowest BCUT2D eigenvalue weighted by Crippen LogP contribution is -2.46. The van der Waals surface area contributed by atoms with E-state index in [1.807, 2.05) is 20.8 Å². The predicted molar refractivity (Wildman–Crippen MR) is 94.6 cm³/mol. The molecule has 5 nitrogen and oxygen atoms in total. The molecule has 0 fully saturated rings. The maximum absolute atomic E-state index is 10.3. The molecular weight excluding hydrogens is 296 g/mol. The van der Waals surface area contributed by atoms with E-state index in [0.29, 0.717) is 19.0 Å². The number of aromatic nitrogens is 1. The SMILES string of the molecule is CCNC(=NCc1nc(C(C)C)cs1)NCC(O)(CC)CC. The van der Waals surface area contributed by atoms with Crippen LogP contribution >= 0.6 is 11.3 Å². The molecule has 1 aromatic rings. The van der Waals surface area contributed by atoms with Crippen LogP contribution in [0.3, 0.4) is 0 Å². The van der Waals surface area contributed by atoms with Gasteiger partial charge in [0, 0.05) is 18.5 Å². The standard InChI is InChI=1S/C16H30N4OS/c1-6-16(21,7-2)11-19-15(17-8-3)18-9-14-20-13(10-22-14)12(4)5/h10,12,21H,6-9,11H2,1-5H3,(H2,17,18,19). The summed E-state index contributed by atoms with van der Waals surface area (Å²) in [6, 6.07) is 0. The van der Waals surface area contributed by atoms with Crippen molar-refractivity contribution < 1.29 is 5.11 Å². The van der Waals surface area contributed by atoms with Gasteiger partial charge in [-0.15, -0.1) is 11.3 Å². The van der Waals surface area contributed by atoms with Gasteiger partial charge in [0.15, 0.2) is 5.96 Å². The van der Waals surface area contributed by atoms with Gasteiger partial charge in [-0.05, 0) is 25.7 Å². The zero-order valence-electron chi connectivity index (χ0n) is 14.4. The number of rotatable bonds is 8. The molecule has 0 radical (unpaired) electrons. The summed E-state index contributed by atoms with van der Waals surface area (Å²) in [5, 5.41) is 19.9. The van der Waals surface area contributed by atoms with Gasteiger partial charge in [-0.2, -0.15) is 0 Å². The third-order valence-electron chi connectivity index (χ3n) is 3.78. The van der Waals surface area contributed by atoms with Crippen LogP contribution in [0.4, 0.5) is 0 Å². The zero-order chi connectivity index (χ0) is 16.6. The summed E-state index contributed by atoms with van der Waals surface area (Å²) < 4.78 is 0. The van der Waals surface area contributed by atoms with Crippen LogP contribution in [-0.4, -0.2) is 34.7 Å². The lowest BCUT2D eigenvalue weighted by atomic mass is 9.98. The number of nitrogens with one attached hydrogen (secondary N) is 2. The summed E-state index contributed by atoms with van der Waals surface area (Å²) in [7, 11) is 0. The third-order valence-corrected chi connectivity index (χ3v) is 4.63. The minimum Gasteiger partial charge on any atom is -0.388 e. The normalized spacial score (nSPS) is 12.8. The number of aliphatic hydroxyl groups is 1. The molecule has 0 unspecified atom stereocenters. The first-order chi connectivity index (χ1) is 10.4. The quantitative estimate of drug-likeness (QED) is 0.507. The molecule has 0 atom stereocenters. The third kappa shape index (κ3) is 5.93. The van der Waals surface area contributed by atoms with Crippen LogP contribution in [0.15, 0.2) is 10.4 Å². The first-order valence-electron chi connectivity index (χ1n) is 8.13. The molecule has 0 saturated carbocycles. The van der Waals surface area contributed by atoms with E-state index in [1.165, 1.54) is 0 Å². The maximum atomic E-state index is 10.3. The minimum atomic E-state index is -0.678. The smallest absolute Gasteiger partial charge is 0.191 e. The van der Waals surface area contributed by atoms with Crippen LogP contribution in [0.2, 0.25) is 0 Å². The van der Waals surface area contributed by atoms with Crippen molar-refractivity contribution in [3.05, 3.63) is 16.1 Å². The molecule has 22 heavy (non-hydrogen) atoms. The monoisotopic (exact) mass is 326 g/mol. The van der Waals surface area contributed by atoms with Crippen LogP contribution in [-0.2, 0) is 6.54 Å². The second kappa shape index (κ2) is 9.10. The molecule has 0 aromatic carbocycles. The fraction of sp³-hybridized carbons (Fsp3) is 0.750. The van der Waals surface area contributed by atoms with E-state index in [2.05, 4.69) is 39.8 Å². The van der Waals surface area contributed by atoms with Gasteiger partial charge in [-0.25, -0.2) is 9.98 Å². The fourth-order valence-corrected chi connectivity index (χ4v) is 2.78. The molecule has 0 bridgehead atoms. The van der Waals surface area contributed by atoms with Gasteiger partial charge in [0.05, 0.1) is 17.8 Å². The molecule has 126 valence electrons. The van der Waals surface area contributed by atoms with E-state index in [-0.39, 0.29) is 0 Å². The lowest BCUT2D eigenvalue weighted by Gasteiger charge is -2.26. The first-order valence-corrected chi connectivity index (χ1v) is 9.00. The molecule has 1 aromatic heterocycles. The van der Waals surface area contributed by atoms with Crippen molar-refractivity contribution in [3.8, 4) is 0 Å². The number of hydrogen-bond acceptors (Lipinski definition) is 4. The highest BCUT2D eigenvalue weighted by atomic mass is 32.1. The fourth-order valence-electron chi connectivity index (χ4n) is 1.90. The van der Waals surface area contributed by atoms with Crippen LogP contribution < -0.4 is 10.6 Å². The zero-order valence-corrected chi connectivity index (χ0v) is 15.3. The van der Waals surface area contributed by atoms with E-state index >= 15 is 0 Å². The van der Waals surface area contributed by atoms with Crippen molar-refractivity contribution in [1.29, 1.82) is 0 Å². The predicted octanol–water partition coefficient (Wildman–Crippen LogP) is 2.87. The molecular formula is C16H30N4OS. The molecule has 0 amide bonds. The van der Waals surface area contributed by atoms with Gasteiger partial charge in [-0.1, -0.05) is 27.7 Å². The van der Waals surface area contributed by atoms with Gasteiger partial charge in [0.2, 0.25) is 0 Å². The van der Waals surface area contributed by atoms with Crippen molar-refractivity contribution >= 4 is 17.3 Å². The van der Waals surface area contributed by atoms with E-state index in [9.17, 15) is 5.11 Å². The molecule has 0 aliphatic heterocycles. The second-order valence-electron chi connectivity index (χ2n) is 5.80. The van der Waals surface area contributed by atoms with Gasteiger partial charge >= 0.3 is 0 Å². The number of hydrogen-bond donors (Lipinski definition) is 3. The summed E-state index contributed by atoms with van der Waals surface area (Å²) >= 11 is 1.65. The minimum absolute atomic E-state index is 0.449. The van der Waals surface area contributed by atoms with Gasteiger partial charge < -0.3 is 15.7 Å². The number of thiazole rings is 1. The van der Waals surface area contributed by atoms with Crippen molar-refractivity contribution in [2.75, 3.05) is 13.1 Å². The van der Waals surface area contributed by atoms with Crippen LogP contribution in [0.5, 0.6) is 0 Å². The van der Waals surface area contributed by atoms with Crippen LogP contribution in [0.25, 0.3) is 0 Å². The van der Waals surface area contributed by atoms with E-state index in [0.717, 1.165) is 36.0 Å². The molecule has 0 spiro atoms. The van der Waals surface area contributed by atoms with E-state index in [4.69, 9.17) is 0 Å². The highest BCUT2D eigenvalue weighted by Gasteiger charge is 2.22. The summed E-state index contributed by atoms with van der Waals surface area (Å²) in [5.74, 6) is 1.17. The maximum Gasteiger partial charge on any atom is 0.191 e. The van der Waals surface area contributed by atoms with Gasteiger partial charge in [0.25, 0.3) is 0 Å². The summed E-state index contributed by atoms with van der Waals surface area (Å²) in [5.41, 5.74) is 0.446. The molecule has 0 saturated heterocycles. The van der Waals surface area contributed by atoms with Gasteiger partial charge in [-0.3, -0.25) is 0 Å². The van der Waals surface area contributed by atoms with Gasteiger partial charge in [0.1, 0.15) is 5.01 Å². The average molecular weight is 327 g/mol. The molecule has 6 heteroatoms. The van der Waals surface area contributed by atoms with Crippen LogP contribution in [0, 0.1) is 0 Å². The molecule has 0 aliphatic rings. The summed E-state index contributed by atoms with van der Waals surface area (Å²) in [4.78, 5) is 9.15. The van der Waals surface area contributed by atoms with Crippen LogP contribution in [0.1, 0.15) is 64.1 Å². The highest BCUT2D eigenvalue weighted by molar-refractivity contribution is 7.09. The lowest BCUT2D eigenvalue weighted by molar-refractivity contribution is 0.0367. The Morgan fingerprint density at radius 2 is 2.00 bits per heavy atom. The van der Waals surface area contributed by atoms with E-state index in [1.54, 1.807) is 11.3 Å². The van der Waals surface area contributed by atoms with Crippen molar-refractivity contribution in [2.45, 2.75) is 65.5 Å². The second-order valence-corrected chi connectivity index (χ2v) is 6.74. The molecule has 0 aliphatic carbocycles. The Morgan fingerprint density at radius 3 is 2.50 bits per heavy atom. The Labute approximate surface area is 138 Å².